The molecule has 0 aromatic carbocycles. The minimum absolute atomic E-state index is 0.272. The van der Waals surface area contributed by atoms with Crippen molar-refractivity contribution in [2.75, 3.05) is 45.9 Å². The smallest absolute Gasteiger partial charge is 0.409 e. The average Bonchev–Trinajstić information content (AvgIpc) is 2.55. The summed E-state index contributed by atoms with van der Waals surface area (Å²) in [6, 6.07) is -0.746. The van der Waals surface area contributed by atoms with Crippen molar-refractivity contribution in [1.29, 1.82) is 0 Å². The van der Waals surface area contributed by atoms with Gasteiger partial charge in [-0.15, -0.1) is 0 Å². The monoisotopic (exact) mass is 354 g/mol. The molecule has 9 heteroatoms. The lowest BCUT2D eigenvalue weighted by molar-refractivity contribution is -0.139. The van der Waals surface area contributed by atoms with Gasteiger partial charge in [-0.2, -0.15) is 0 Å². The van der Waals surface area contributed by atoms with E-state index in [2.05, 4.69) is 15.5 Å². The quantitative estimate of drug-likeness (QED) is 0.688. The first-order valence-electron chi connectivity index (χ1n) is 8.58. The van der Waals surface area contributed by atoms with Crippen molar-refractivity contribution < 1.29 is 23.9 Å². The number of rotatable bonds is 5. The third-order valence-electron chi connectivity index (χ3n) is 4.15. The molecule has 2 aliphatic heterocycles. The summed E-state index contributed by atoms with van der Waals surface area (Å²) in [7, 11) is 0. The summed E-state index contributed by atoms with van der Waals surface area (Å²) in [6.07, 6.45) is -0.308. The SMILES string of the molecule is CCOC(=O)C1=C(CN2CCN(C(=O)OCC)CC2)NC(=O)N[C@H]1C. The van der Waals surface area contributed by atoms with Crippen LogP contribution in [-0.2, 0) is 14.3 Å². The Morgan fingerprint density at radius 2 is 1.76 bits per heavy atom. The molecule has 9 nitrogen and oxygen atoms in total. The average molecular weight is 354 g/mol. The Hall–Kier alpha value is -2.29. The number of amides is 3. The number of esters is 1. The molecule has 0 bridgehead atoms. The molecular formula is C16H26N4O5. The van der Waals surface area contributed by atoms with Crippen LogP contribution in [-0.4, -0.2) is 79.9 Å². The Morgan fingerprint density at radius 1 is 1.12 bits per heavy atom. The van der Waals surface area contributed by atoms with Crippen molar-refractivity contribution >= 4 is 18.1 Å². The molecule has 2 N–H and O–H groups in total. The Bertz CT molecular complexity index is 555. The molecule has 2 rings (SSSR count). The Labute approximate surface area is 147 Å². The molecule has 25 heavy (non-hydrogen) atoms. The van der Waals surface area contributed by atoms with Crippen LogP contribution < -0.4 is 10.6 Å². The van der Waals surface area contributed by atoms with Crippen LogP contribution in [0, 0.1) is 0 Å². The number of carbonyl (C=O) groups is 3. The van der Waals surface area contributed by atoms with Crippen LogP contribution in [0.2, 0.25) is 0 Å². The predicted octanol–water partition coefficient (Wildman–Crippen LogP) is 0.279. The molecule has 0 unspecified atom stereocenters. The van der Waals surface area contributed by atoms with Gasteiger partial charge >= 0.3 is 18.1 Å². The molecule has 2 heterocycles. The van der Waals surface area contributed by atoms with Crippen LogP contribution in [0.3, 0.4) is 0 Å². The molecule has 1 atom stereocenters. The van der Waals surface area contributed by atoms with E-state index in [-0.39, 0.29) is 18.7 Å². The van der Waals surface area contributed by atoms with E-state index in [4.69, 9.17) is 9.47 Å². The van der Waals surface area contributed by atoms with Gasteiger partial charge in [0.2, 0.25) is 0 Å². The molecule has 0 aromatic heterocycles. The number of piperazine rings is 1. The standard InChI is InChI=1S/C16H26N4O5/c1-4-24-14(21)13-11(3)17-15(22)18-12(13)10-19-6-8-20(9-7-19)16(23)25-5-2/h11H,4-10H2,1-3H3,(H2,17,18,22)/t11-/m0/s1. The molecule has 2 aliphatic rings. The van der Waals surface area contributed by atoms with Gasteiger partial charge in [0.1, 0.15) is 0 Å². The van der Waals surface area contributed by atoms with Crippen molar-refractivity contribution in [3.05, 3.63) is 11.3 Å². The summed E-state index contributed by atoms with van der Waals surface area (Å²) in [4.78, 5) is 39.5. The van der Waals surface area contributed by atoms with Gasteiger partial charge in [-0.05, 0) is 20.8 Å². The highest BCUT2D eigenvalue weighted by molar-refractivity contribution is 5.94. The first kappa shape index (κ1) is 19.0. The van der Waals surface area contributed by atoms with Crippen LogP contribution in [0.4, 0.5) is 9.59 Å². The summed E-state index contributed by atoms with van der Waals surface area (Å²) in [6.45, 7) is 8.68. The van der Waals surface area contributed by atoms with Gasteiger partial charge in [0.15, 0.2) is 0 Å². The van der Waals surface area contributed by atoms with Crippen LogP contribution in [0.5, 0.6) is 0 Å². The second-order valence-corrected chi connectivity index (χ2v) is 5.89. The number of nitrogens with zero attached hydrogens (tertiary/aromatic N) is 2. The van der Waals surface area contributed by atoms with Crippen LogP contribution in [0.1, 0.15) is 20.8 Å². The summed E-state index contributed by atoms with van der Waals surface area (Å²) >= 11 is 0. The van der Waals surface area contributed by atoms with Gasteiger partial charge in [0, 0.05) is 38.4 Å². The summed E-state index contributed by atoms with van der Waals surface area (Å²) in [5.41, 5.74) is 0.994. The Balaban J connectivity index is 2.03. The van der Waals surface area contributed by atoms with Gasteiger partial charge in [-0.1, -0.05) is 0 Å². The molecule has 0 radical (unpaired) electrons. The van der Waals surface area contributed by atoms with Gasteiger partial charge in [-0.25, -0.2) is 14.4 Å². The van der Waals surface area contributed by atoms with Gasteiger partial charge in [-0.3, -0.25) is 4.90 Å². The Morgan fingerprint density at radius 3 is 2.36 bits per heavy atom. The maximum atomic E-state index is 12.2. The number of hydrogen-bond donors (Lipinski definition) is 2. The van der Waals surface area contributed by atoms with E-state index in [1.54, 1.807) is 25.7 Å². The molecule has 0 aliphatic carbocycles. The maximum absolute atomic E-state index is 12.2. The van der Waals surface area contributed by atoms with Crippen LogP contribution in [0.25, 0.3) is 0 Å². The second kappa shape index (κ2) is 8.70. The van der Waals surface area contributed by atoms with Crippen molar-refractivity contribution in [3.8, 4) is 0 Å². The zero-order valence-electron chi connectivity index (χ0n) is 15.0. The van der Waals surface area contributed by atoms with Crippen molar-refractivity contribution in [1.82, 2.24) is 20.4 Å². The fraction of sp³-hybridized carbons (Fsp3) is 0.688. The molecule has 1 fully saturated rings. The number of carbonyl (C=O) groups excluding carboxylic acids is 3. The fourth-order valence-corrected chi connectivity index (χ4v) is 2.93. The van der Waals surface area contributed by atoms with Crippen molar-refractivity contribution in [3.63, 3.8) is 0 Å². The van der Waals surface area contributed by atoms with E-state index >= 15 is 0 Å². The van der Waals surface area contributed by atoms with E-state index in [9.17, 15) is 14.4 Å². The van der Waals surface area contributed by atoms with E-state index in [0.29, 0.717) is 50.6 Å². The van der Waals surface area contributed by atoms with Gasteiger partial charge in [0.05, 0.1) is 24.8 Å². The van der Waals surface area contributed by atoms with Crippen molar-refractivity contribution in [2.45, 2.75) is 26.8 Å². The first-order valence-corrected chi connectivity index (χ1v) is 8.58. The highest BCUT2D eigenvalue weighted by atomic mass is 16.6. The van der Waals surface area contributed by atoms with E-state index in [1.165, 1.54) is 0 Å². The lowest BCUT2D eigenvalue weighted by atomic mass is 10.0. The Kier molecular flexibility index (Phi) is 6.63. The van der Waals surface area contributed by atoms with E-state index in [1.807, 2.05) is 0 Å². The van der Waals surface area contributed by atoms with Gasteiger partial charge in [0.25, 0.3) is 0 Å². The highest BCUT2D eigenvalue weighted by Gasteiger charge is 2.31. The minimum atomic E-state index is -0.428. The molecule has 1 saturated heterocycles. The molecule has 3 amide bonds. The molecule has 0 aromatic rings. The zero-order valence-corrected chi connectivity index (χ0v) is 15.0. The zero-order chi connectivity index (χ0) is 18.4. The minimum Gasteiger partial charge on any atom is -0.463 e. The van der Waals surface area contributed by atoms with E-state index < -0.39 is 12.0 Å². The van der Waals surface area contributed by atoms with Crippen molar-refractivity contribution in [2.24, 2.45) is 0 Å². The number of ether oxygens (including phenoxy) is 2. The summed E-state index contributed by atoms with van der Waals surface area (Å²) < 4.78 is 10.1. The fourth-order valence-electron chi connectivity index (χ4n) is 2.93. The first-order chi connectivity index (χ1) is 12.0. The topological polar surface area (TPSA) is 100 Å². The maximum Gasteiger partial charge on any atom is 0.409 e. The molecule has 0 saturated carbocycles. The highest BCUT2D eigenvalue weighted by Crippen LogP contribution is 2.16. The normalized spacial score (nSPS) is 21.5. The number of nitrogens with one attached hydrogen (secondary N) is 2. The number of hydrogen-bond acceptors (Lipinski definition) is 6. The number of urea groups is 1. The summed E-state index contributed by atoms with van der Waals surface area (Å²) in [5.74, 6) is -0.428. The largest absolute Gasteiger partial charge is 0.463 e. The van der Waals surface area contributed by atoms with Crippen LogP contribution in [0.15, 0.2) is 11.3 Å². The van der Waals surface area contributed by atoms with Crippen LogP contribution >= 0.6 is 0 Å². The van der Waals surface area contributed by atoms with Gasteiger partial charge < -0.3 is 25.0 Å². The summed E-state index contributed by atoms with van der Waals surface area (Å²) in [5, 5.41) is 5.39. The lowest BCUT2D eigenvalue weighted by Crippen LogP contribution is -2.54. The van der Waals surface area contributed by atoms with E-state index in [0.717, 1.165) is 0 Å². The molecule has 140 valence electrons. The third-order valence-corrected chi connectivity index (χ3v) is 4.15. The molecule has 0 spiro atoms. The lowest BCUT2D eigenvalue weighted by Gasteiger charge is -2.36. The predicted molar refractivity (Wildman–Crippen MR) is 89.8 cm³/mol. The molecular weight excluding hydrogens is 328 g/mol. The third kappa shape index (κ3) is 4.85. The second-order valence-electron chi connectivity index (χ2n) is 5.89.